The predicted molar refractivity (Wildman–Crippen MR) is 62.1 cm³/mol. The van der Waals surface area contributed by atoms with Crippen molar-refractivity contribution in [3.05, 3.63) is 0 Å². The van der Waals surface area contributed by atoms with Crippen molar-refractivity contribution in [1.29, 1.82) is 0 Å². The van der Waals surface area contributed by atoms with Crippen LogP contribution < -0.4 is 10.6 Å². The van der Waals surface area contributed by atoms with Crippen LogP contribution in [0.3, 0.4) is 0 Å². The average Bonchev–Trinajstić information content (AvgIpc) is 2.84. The minimum Gasteiger partial charge on any atom is -0.394 e. The van der Waals surface area contributed by atoms with E-state index in [1.807, 2.05) is 0 Å². The SMILES string of the molecule is O=C(NC1(CO)CCCCC1)C1CCCN1. The number of amides is 1. The molecule has 1 atom stereocenters. The molecule has 0 spiro atoms. The molecule has 0 aromatic carbocycles. The van der Waals surface area contributed by atoms with Crippen molar-refractivity contribution >= 4 is 5.91 Å². The summed E-state index contributed by atoms with van der Waals surface area (Å²) in [6, 6.07) is -0.0367. The Morgan fingerprint density at radius 3 is 2.62 bits per heavy atom. The molecule has 4 nitrogen and oxygen atoms in total. The normalized spacial score (nSPS) is 28.9. The molecule has 16 heavy (non-hydrogen) atoms. The van der Waals surface area contributed by atoms with Crippen LogP contribution in [-0.4, -0.2) is 35.7 Å². The topological polar surface area (TPSA) is 61.4 Å². The quantitative estimate of drug-likeness (QED) is 0.658. The molecule has 2 fully saturated rings. The van der Waals surface area contributed by atoms with Gasteiger partial charge in [-0.25, -0.2) is 0 Å². The number of hydrogen-bond acceptors (Lipinski definition) is 3. The van der Waals surface area contributed by atoms with E-state index < -0.39 is 0 Å². The standard InChI is InChI=1S/C12H22N2O2/c15-9-12(6-2-1-3-7-12)14-11(16)10-5-4-8-13-10/h10,13,15H,1-9H2,(H,14,16). The van der Waals surface area contributed by atoms with E-state index in [4.69, 9.17) is 0 Å². The first kappa shape index (κ1) is 11.9. The lowest BCUT2D eigenvalue weighted by Crippen LogP contribution is -2.56. The van der Waals surface area contributed by atoms with E-state index in [2.05, 4.69) is 10.6 Å². The molecule has 0 radical (unpaired) electrons. The summed E-state index contributed by atoms with van der Waals surface area (Å²) in [5, 5.41) is 15.8. The van der Waals surface area contributed by atoms with Crippen LogP contribution in [0.1, 0.15) is 44.9 Å². The summed E-state index contributed by atoms with van der Waals surface area (Å²) in [5.74, 6) is 0.0773. The van der Waals surface area contributed by atoms with E-state index in [1.54, 1.807) is 0 Å². The number of aliphatic hydroxyl groups excluding tert-OH is 1. The number of nitrogens with one attached hydrogen (secondary N) is 2. The van der Waals surface area contributed by atoms with Gasteiger partial charge in [0.25, 0.3) is 0 Å². The molecule has 2 rings (SSSR count). The Labute approximate surface area is 96.8 Å². The van der Waals surface area contributed by atoms with Gasteiger partial charge in [-0.15, -0.1) is 0 Å². The first-order valence-corrected chi connectivity index (χ1v) is 6.42. The molecule has 1 amide bonds. The van der Waals surface area contributed by atoms with Gasteiger partial charge in [0.05, 0.1) is 18.2 Å². The van der Waals surface area contributed by atoms with Gasteiger partial charge in [-0.3, -0.25) is 4.79 Å². The summed E-state index contributed by atoms with van der Waals surface area (Å²) in [4.78, 5) is 12.0. The Hall–Kier alpha value is -0.610. The third-order valence-electron chi connectivity index (χ3n) is 3.88. The summed E-state index contributed by atoms with van der Waals surface area (Å²) in [7, 11) is 0. The van der Waals surface area contributed by atoms with Crippen LogP contribution in [0.15, 0.2) is 0 Å². The fraction of sp³-hybridized carbons (Fsp3) is 0.917. The first-order chi connectivity index (χ1) is 7.76. The summed E-state index contributed by atoms with van der Waals surface area (Å²) in [6.45, 7) is 1.01. The highest BCUT2D eigenvalue weighted by atomic mass is 16.3. The maximum Gasteiger partial charge on any atom is 0.237 e. The van der Waals surface area contributed by atoms with Gasteiger partial charge in [-0.2, -0.15) is 0 Å². The van der Waals surface area contributed by atoms with Crippen molar-refractivity contribution in [2.24, 2.45) is 0 Å². The molecule has 1 unspecified atom stereocenters. The van der Waals surface area contributed by atoms with Crippen molar-refractivity contribution in [3.8, 4) is 0 Å². The summed E-state index contributed by atoms with van der Waals surface area (Å²) in [6.07, 6.45) is 7.28. The lowest BCUT2D eigenvalue weighted by atomic mass is 9.82. The smallest absolute Gasteiger partial charge is 0.237 e. The Kier molecular flexibility index (Phi) is 3.82. The number of hydrogen-bond donors (Lipinski definition) is 3. The molecule has 1 aliphatic carbocycles. The molecule has 0 aromatic heterocycles. The average molecular weight is 226 g/mol. The first-order valence-electron chi connectivity index (χ1n) is 6.42. The van der Waals surface area contributed by atoms with E-state index in [0.29, 0.717) is 0 Å². The monoisotopic (exact) mass is 226 g/mol. The van der Waals surface area contributed by atoms with Gasteiger partial charge in [0.15, 0.2) is 0 Å². The van der Waals surface area contributed by atoms with E-state index in [0.717, 1.165) is 45.1 Å². The molecular weight excluding hydrogens is 204 g/mol. The van der Waals surface area contributed by atoms with Crippen LogP contribution in [0.25, 0.3) is 0 Å². The number of aliphatic hydroxyl groups is 1. The van der Waals surface area contributed by atoms with Crippen molar-refractivity contribution in [3.63, 3.8) is 0 Å². The molecule has 0 aromatic rings. The predicted octanol–water partition coefficient (Wildman–Crippen LogP) is 0.550. The Morgan fingerprint density at radius 2 is 2.06 bits per heavy atom. The lowest BCUT2D eigenvalue weighted by molar-refractivity contribution is -0.125. The highest BCUT2D eigenvalue weighted by molar-refractivity contribution is 5.82. The Bertz CT molecular complexity index is 243. The third-order valence-corrected chi connectivity index (χ3v) is 3.88. The van der Waals surface area contributed by atoms with Crippen LogP contribution in [0.4, 0.5) is 0 Å². The molecule has 92 valence electrons. The zero-order valence-electron chi connectivity index (χ0n) is 9.80. The van der Waals surface area contributed by atoms with Gasteiger partial charge in [0.2, 0.25) is 5.91 Å². The largest absolute Gasteiger partial charge is 0.394 e. The van der Waals surface area contributed by atoms with E-state index in [9.17, 15) is 9.90 Å². The zero-order valence-corrected chi connectivity index (χ0v) is 9.80. The second-order valence-electron chi connectivity index (χ2n) is 5.14. The van der Waals surface area contributed by atoms with Gasteiger partial charge < -0.3 is 15.7 Å². The maximum absolute atomic E-state index is 12.0. The third kappa shape index (κ3) is 2.55. The minimum atomic E-state index is -0.334. The van der Waals surface area contributed by atoms with Crippen molar-refractivity contribution in [2.75, 3.05) is 13.2 Å². The second kappa shape index (κ2) is 5.15. The van der Waals surface area contributed by atoms with Gasteiger partial charge >= 0.3 is 0 Å². The fourth-order valence-corrected chi connectivity index (χ4v) is 2.81. The van der Waals surface area contributed by atoms with Gasteiger partial charge in [-0.1, -0.05) is 19.3 Å². The summed E-state index contributed by atoms with van der Waals surface area (Å²) < 4.78 is 0. The lowest BCUT2D eigenvalue weighted by Gasteiger charge is -2.37. The fourth-order valence-electron chi connectivity index (χ4n) is 2.81. The summed E-state index contributed by atoms with van der Waals surface area (Å²) in [5.41, 5.74) is -0.334. The van der Waals surface area contributed by atoms with Crippen LogP contribution in [0, 0.1) is 0 Å². The van der Waals surface area contributed by atoms with Crippen molar-refractivity contribution < 1.29 is 9.90 Å². The van der Waals surface area contributed by atoms with E-state index in [1.165, 1.54) is 6.42 Å². The molecule has 1 heterocycles. The zero-order chi connectivity index (χ0) is 11.4. The molecular formula is C12H22N2O2. The van der Waals surface area contributed by atoms with E-state index >= 15 is 0 Å². The second-order valence-corrected chi connectivity index (χ2v) is 5.14. The van der Waals surface area contributed by atoms with Gasteiger partial charge in [0.1, 0.15) is 0 Å². The van der Waals surface area contributed by atoms with Crippen LogP contribution in [-0.2, 0) is 4.79 Å². The Morgan fingerprint density at radius 1 is 1.31 bits per heavy atom. The molecule has 3 N–H and O–H groups in total. The highest BCUT2D eigenvalue weighted by Crippen LogP contribution is 2.28. The van der Waals surface area contributed by atoms with Crippen molar-refractivity contribution in [2.45, 2.75) is 56.5 Å². The number of carbonyl (C=O) groups excluding carboxylic acids is 1. The van der Waals surface area contributed by atoms with Gasteiger partial charge in [-0.05, 0) is 32.2 Å². The van der Waals surface area contributed by atoms with Crippen LogP contribution in [0.2, 0.25) is 0 Å². The molecule has 1 aliphatic heterocycles. The number of carbonyl (C=O) groups is 1. The molecule has 0 bridgehead atoms. The van der Waals surface area contributed by atoms with Crippen molar-refractivity contribution in [1.82, 2.24) is 10.6 Å². The minimum absolute atomic E-state index is 0.0367. The number of rotatable bonds is 3. The maximum atomic E-state index is 12.0. The van der Waals surface area contributed by atoms with Crippen LogP contribution in [0.5, 0.6) is 0 Å². The molecule has 4 heteroatoms. The molecule has 1 saturated carbocycles. The van der Waals surface area contributed by atoms with E-state index in [-0.39, 0.29) is 24.1 Å². The molecule has 2 aliphatic rings. The summed E-state index contributed by atoms with van der Waals surface area (Å²) >= 11 is 0. The van der Waals surface area contributed by atoms with Crippen LogP contribution >= 0.6 is 0 Å². The van der Waals surface area contributed by atoms with Gasteiger partial charge in [0, 0.05) is 0 Å². The highest BCUT2D eigenvalue weighted by Gasteiger charge is 2.35. The molecule has 1 saturated heterocycles. The Balaban J connectivity index is 1.91.